The Morgan fingerprint density at radius 1 is 1.05 bits per heavy atom. The number of aliphatic hydroxyl groups is 1. The number of carbonyl (C=O) groups is 1. The summed E-state index contributed by atoms with van der Waals surface area (Å²) in [5.74, 6) is -0.258. The van der Waals surface area contributed by atoms with E-state index in [0.717, 1.165) is 25.8 Å². The Bertz CT molecular complexity index is 223. The second-order valence-corrected chi connectivity index (χ2v) is 5.69. The third-order valence-corrected chi connectivity index (χ3v) is 3.55. The monoisotopic (exact) mass is 286 g/mol. The van der Waals surface area contributed by atoms with E-state index in [9.17, 15) is 9.90 Å². The minimum Gasteiger partial charge on any atom is -0.392 e. The predicted octanol–water partition coefficient (Wildman–Crippen LogP) is 2.73. The third-order valence-electron chi connectivity index (χ3n) is 3.55. The van der Waals surface area contributed by atoms with Gasteiger partial charge in [0, 0.05) is 13.0 Å². The van der Waals surface area contributed by atoms with Gasteiger partial charge in [0.05, 0.1) is 6.10 Å². The van der Waals surface area contributed by atoms with Crippen molar-refractivity contribution in [2.45, 2.75) is 83.7 Å². The van der Waals surface area contributed by atoms with Gasteiger partial charge in [0.2, 0.25) is 5.91 Å². The molecule has 0 spiro atoms. The van der Waals surface area contributed by atoms with E-state index in [-0.39, 0.29) is 12.0 Å². The number of carbonyl (C=O) groups excluding carboxylic acids is 1. The molecule has 0 heterocycles. The molecular weight excluding hydrogens is 252 g/mol. The van der Waals surface area contributed by atoms with E-state index in [1.54, 1.807) is 0 Å². The molecule has 0 saturated carbocycles. The van der Waals surface area contributed by atoms with Crippen molar-refractivity contribution in [1.29, 1.82) is 0 Å². The highest BCUT2D eigenvalue weighted by atomic mass is 16.3. The summed E-state index contributed by atoms with van der Waals surface area (Å²) in [6.07, 6.45) is 12.1. The van der Waals surface area contributed by atoms with Gasteiger partial charge >= 0.3 is 0 Å². The van der Waals surface area contributed by atoms with Crippen LogP contribution in [0.4, 0.5) is 0 Å². The van der Waals surface area contributed by atoms with Crippen LogP contribution in [-0.2, 0) is 4.79 Å². The summed E-state index contributed by atoms with van der Waals surface area (Å²) in [5.41, 5.74) is 5.05. The van der Waals surface area contributed by atoms with Gasteiger partial charge in [-0.25, -0.2) is 0 Å². The lowest BCUT2D eigenvalue weighted by Crippen LogP contribution is -2.28. The number of unbranched alkanes of at least 4 members (excludes halogenated alkanes) is 7. The Balaban J connectivity index is 3.16. The van der Waals surface area contributed by atoms with Crippen molar-refractivity contribution in [2.75, 3.05) is 13.1 Å². The Kier molecular flexibility index (Phi) is 14.3. The number of rotatable bonds is 15. The lowest BCUT2D eigenvalue weighted by molar-refractivity contribution is -0.118. The molecule has 0 aromatic carbocycles. The number of nitrogens with one attached hydrogen (secondary N) is 1. The highest BCUT2D eigenvalue weighted by Crippen LogP contribution is 2.10. The van der Waals surface area contributed by atoms with E-state index in [2.05, 4.69) is 12.2 Å². The summed E-state index contributed by atoms with van der Waals surface area (Å²) in [7, 11) is 0. The van der Waals surface area contributed by atoms with Crippen LogP contribution in [0, 0.1) is 0 Å². The van der Waals surface area contributed by atoms with Crippen molar-refractivity contribution >= 4 is 5.91 Å². The van der Waals surface area contributed by atoms with Gasteiger partial charge in [-0.2, -0.15) is 0 Å². The summed E-state index contributed by atoms with van der Waals surface area (Å²) in [6, 6.07) is 0. The minimum atomic E-state index is -0.260. The van der Waals surface area contributed by atoms with Crippen molar-refractivity contribution in [3.8, 4) is 0 Å². The quantitative estimate of drug-likeness (QED) is 0.405. The average Bonchev–Trinajstić information content (AvgIpc) is 2.41. The standard InChI is InChI=1S/C16H34N2O2/c1-2-3-4-5-6-7-8-9-11-15(19)14-18-13-10-12-16(17)20/h15,18-19H,2-14H2,1H3,(H2,17,20). The molecule has 0 bridgehead atoms. The van der Waals surface area contributed by atoms with E-state index >= 15 is 0 Å². The zero-order valence-corrected chi connectivity index (χ0v) is 13.2. The minimum absolute atomic E-state index is 0.258. The Morgan fingerprint density at radius 3 is 2.25 bits per heavy atom. The summed E-state index contributed by atoms with van der Waals surface area (Å²) in [5, 5.41) is 12.9. The van der Waals surface area contributed by atoms with Gasteiger partial charge in [-0.15, -0.1) is 0 Å². The van der Waals surface area contributed by atoms with Crippen molar-refractivity contribution in [3.63, 3.8) is 0 Å². The number of aliphatic hydroxyl groups excluding tert-OH is 1. The van der Waals surface area contributed by atoms with E-state index in [1.807, 2.05) is 0 Å². The lowest BCUT2D eigenvalue weighted by Gasteiger charge is -2.11. The van der Waals surface area contributed by atoms with E-state index in [1.165, 1.54) is 44.9 Å². The number of nitrogens with two attached hydrogens (primary N) is 1. The van der Waals surface area contributed by atoms with Crippen LogP contribution < -0.4 is 11.1 Å². The van der Waals surface area contributed by atoms with Gasteiger partial charge in [-0.1, -0.05) is 58.3 Å². The van der Waals surface area contributed by atoms with Crippen molar-refractivity contribution < 1.29 is 9.90 Å². The molecule has 0 saturated heterocycles. The molecular formula is C16H34N2O2. The molecule has 20 heavy (non-hydrogen) atoms. The van der Waals surface area contributed by atoms with Crippen molar-refractivity contribution in [2.24, 2.45) is 5.73 Å². The van der Waals surface area contributed by atoms with Crippen LogP contribution in [0.1, 0.15) is 77.6 Å². The molecule has 0 aliphatic heterocycles. The van der Waals surface area contributed by atoms with Crippen molar-refractivity contribution in [3.05, 3.63) is 0 Å². The Hall–Kier alpha value is -0.610. The molecule has 0 rings (SSSR count). The summed E-state index contributed by atoms with van der Waals surface area (Å²) in [4.78, 5) is 10.5. The number of hydrogen-bond donors (Lipinski definition) is 3. The predicted molar refractivity (Wildman–Crippen MR) is 84.5 cm³/mol. The fourth-order valence-corrected chi connectivity index (χ4v) is 2.27. The first kappa shape index (κ1) is 19.4. The molecule has 4 N–H and O–H groups in total. The van der Waals surface area contributed by atoms with Gasteiger partial charge in [-0.3, -0.25) is 4.79 Å². The topological polar surface area (TPSA) is 75.3 Å². The van der Waals surface area contributed by atoms with Crippen LogP contribution >= 0.6 is 0 Å². The zero-order chi connectivity index (χ0) is 15.1. The molecule has 0 radical (unpaired) electrons. The zero-order valence-electron chi connectivity index (χ0n) is 13.2. The molecule has 1 atom stereocenters. The van der Waals surface area contributed by atoms with Gasteiger partial charge in [0.15, 0.2) is 0 Å². The largest absolute Gasteiger partial charge is 0.392 e. The fourth-order valence-electron chi connectivity index (χ4n) is 2.27. The van der Waals surface area contributed by atoms with Gasteiger partial charge in [-0.05, 0) is 19.4 Å². The maximum atomic E-state index is 10.5. The normalized spacial score (nSPS) is 12.5. The van der Waals surface area contributed by atoms with Crippen LogP contribution in [0.15, 0.2) is 0 Å². The molecule has 0 aromatic heterocycles. The maximum Gasteiger partial charge on any atom is 0.217 e. The molecule has 0 aromatic rings. The molecule has 4 heteroatoms. The lowest BCUT2D eigenvalue weighted by atomic mass is 10.1. The van der Waals surface area contributed by atoms with Crippen LogP contribution in [0.25, 0.3) is 0 Å². The number of primary amides is 1. The number of amides is 1. The molecule has 0 aliphatic rings. The Morgan fingerprint density at radius 2 is 1.65 bits per heavy atom. The van der Waals surface area contributed by atoms with Crippen molar-refractivity contribution in [1.82, 2.24) is 5.32 Å². The first-order valence-electron chi connectivity index (χ1n) is 8.34. The third kappa shape index (κ3) is 15.4. The SMILES string of the molecule is CCCCCCCCCCC(O)CNCCCC(N)=O. The van der Waals surface area contributed by atoms with Gasteiger partial charge < -0.3 is 16.2 Å². The second-order valence-electron chi connectivity index (χ2n) is 5.69. The fraction of sp³-hybridized carbons (Fsp3) is 0.938. The molecule has 0 fully saturated rings. The highest BCUT2D eigenvalue weighted by molar-refractivity contribution is 5.73. The Labute approximate surface area is 124 Å². The van der Waals surface area contributed by atoms with E-state index in [4.69, 9.17) is 5.73 Å². The van der Waals surface area contributed by atoms with E-state index < -0.39 is 0 Å². The molecule has 120 valence electrons. The molecule has 4 nitrogen and oxygen atoms in total. The smallest absolute Gasteiger partial charge is 0.217 e. The molecule has 0 aliphatic carbocycles. The van der Waals surface area contributed by atoms with Crippen LogP contribution in [-0.4, -0.2) is 30.2 Å². The first-order valence-corrected chi connectivity index (χ1v) is 8.34. The average molecular weight is 286 g/mol. The number of hydrogen-bond acceptors (Lipinski definition) is 3. The van der Waals surface area contributed by atoms with Crippen LogP contribution in [0.3, 0.4) is 0 Å². The van der Waals surface area contributed by atoms with Gasteiger partial charge in [0.1, 0.15) is 0 Å². The second kappa shape index (κ2) is 14.8. The first-order chi connectivity index (χ1) is 9.66. The summed E-state index contributed by atoms with van der Waals surface area (Å²) in [6.45, 7) is 3.61. The molecule has 1 unspecified atom stereocenters. The van der Waals surface area contributed by atoms with Gasteiger partial charge in [0.25, 0.3) is 0 Å². The van der Waals surface area contributed by atoms with Crippen LogP contribution in [0.2, 0.25) is 0 Å². The maximum absolute atomic E-state index is 10.5. The van der Waals surface area contributed by atoms with Crippen LogP contribution in [0.5, 0.6) is 0 Å². The summed E-state index contributed by atoms with van der Waals surface area (Å²) < 4.78 is 0. The summed E-state index contributed by atoms with van der Waals surface area (Å²) >= 11 is 0. The highest BCUT2D eigenvalue weighted by Gasteiger charge is 2.03. The van der Waals surface area contributed by atoms with E-state index in [0.29, 0.717) is 13.0 Å². The molecule has 1 amide bonds.